The predicted molar refractivity (Wildman–Crippen MR) is 66.0 cm³/mol. The van der Waals surface area contributed by atoms with Gasteiger partial charge in [-0.25, -0.2) is 0 Å². The molecule has 1 aromatic carbocycles. The SMILES string of the molecule is COc1ccc(OC)c2c1C(=O)C=CC2(C)C. The average Bonchev–Trinajstić information content (AvgIpc) is 2.32. The molecule has 0 heterocycles. The van der Waals surface area contributed by atoms with Crippen LogP contribution in [0.1, 0.15) is 29.8 Å². The number of ketones is 1. The fourth-order valence-electron chi connectivity index (χ4n) is 2.24. The van der Waals surface area contributed by atoms with Crippen molar-refractivity contribution in [2.75, 3.05) is 14.2 Å². The zero-order chi connectivity index (χ0) is 12.6. The minimum absolute atomic E-state index is 0.0323. The van der Waals surface area contributed by atoms with Gasteiger partial charge in [-0.3, -0.25) is 4.79 Å². The van der Waals surface area contributed by atoms with Gasteiger partial charge >= 0.3 is 0 Å². The molecular formula is C14H16O3. The van der Waals surface area contributed by atoms with Gasteiger partial charge in [-0.2, -0.15) is 0 Å². The Morgan fingerprint density at radius 3 is 2.24 bits per heavy atom. The van der Waals surface area contributed by atoms with E-state index < -0.39 is 0 Å². The standard InChI is InChI=1S/C14H16O3/c1-14(2)8-7-9(15)12-10(16-3)5-6-11(17-4)13(12)14/h5-8H,1-4H3. The van der Waals surface area contributed by atoms with Crippen molar-refractivity contribution in [3.8, 4) is 11.5 Å². The molecule has 0 N–H and O–H groups in total. The number of allylic oxidation sites excluding steroid dienone is 2. The summed E-state index contributed by atoms with van der Waals surface area (Å²) in [7, 11) is 3.18. The second kappa shape index (κ2) is 3.91. The zero-order valence-corrected chi connectivity index (χ0v) is 10.5. The molecule has 0 unspecified atom stereocenters. The Balaban J connectivity index is 2.79. The molecule has 0 saturated heterocycles. The van der Waals surface area contributed by atoms with E-state index in [9.17, 15) is 4.79 Å². The lowest BCUT2D eigenvalue weighted by Gasteiger charge is -2.29. The summed E-state index contributed by atoms with van der Waals surface area (Å²) in [6, 6.07) is 3.61. The van der Waals surface area contributed by atoms with E-state index in [1.807, 2.05) is 12.1 Å². The topological polar surface area (TPSA) is 35.5 Å². The van der Waals surface area contributed by atoms with E-state index in [1.165, 1.54) is 0 Å². The quantitative estimate of drug-likeness (QED) is 0.786. The van der Waals surface area contributed by atoms with Crippen molar-refractivity contribution >= 4 is 5.78 Å². The highest BCUT2D eigenvalue weighted by Gasteiger charge is 2.33. The number of hydrogen-bond donors (Lipinski definition) is 0. The van der Waals surface area contributed by atoms with Crippen LogP contribution in [0, 0.1) is 0 Å². The minimum atomic E-state index is -0.233. The highest BCUT2D eigenvalue weighted by atomic mass is 16.5. The highest BCUT2D eigenvalue weighted by molar-refractivity contribution is 6.10. The number of hydrogen-bond acceptors (Lipinski definition) is 3. The number of ether oxygens (including phenoxy) is 2. The van der Waals surface area contributed by atoms with Crippen molar-refractivity contribution in [2.24, 2.45) is 0 Å². The fourth-order valence-corrected chi connectivity index (χ4v) is 2.24. The Morgan fingerprint density at radius 2 is 1.65 bits per heavy atom. The third kappa shape index (κ3) is 1.71. The van der Waals surface area contributed by atoms with Crippen molar-refractivity contribution in [3.63, 3.8) is 0 Å². The van der Waals surface area contributed by atoms with Crippen molar-refractivity contribution in [3.05, 3.63) is 35.4 Å². The van der Waals surface area contributed by atoms with E-state index in [2.05, 4.69) is 13.8 Å². The van der Waals surface area contributed by atoms with Gasteiger partial charge in [0.2, 0.25) is 0 Å². The van der Waals surface area contributed by atoms with Crippen molar-refractivity contribution < 1.29 is 14.3 Å². The highest BCUT2D eigenvalue weighted by Crippen LogP contribution is 2.42. The monoisotopic (exact) mass is 232 g/mol. The van der Waals surface area contributed by atoms with Crippen LogP contribution < -0.4 is 9.47 Å². The molecule has 0 amide bonds. The van der Waals surface area contributed by atoms with E-state index in [4.69, 9.17) is 9.47 Å². The molecule has 0 atom stereocenters. The van der Waals surface area contributed by atoms with Gasteiger partial charge in [0.25, 0.3) is 0 Å². The molecule has 1 aliphatic rings. The lowest BCUT2D eigenvalue weighted by Crippen LogP contribution is -2.24. The van der Waals surface area contributed by atoms with Crippen LogP contribution >= 0.6 is 0 Å². The largest absolute Gasteiger partial charge is 0.496 e. The van der Waals surface area contributed by atoms with Crippen LogP contribution in [0.3, 0.4) is 0 Å². The van der Waals surface area contributed by atoms with Crippen LogP contribution in [0.4, 0.5) is 0 Å². The lowest BCUT2D eigenvalue weighted by molar-refractivity contribution is 0.103. The van der Waals surface area contributed by atoms with Crippen LogP contribution in [0.15, 0.2) is 24.3 Å². The maximum atomic E-state index is 12.0. The van der Waals surface area contributed by atoms with Gasteiger partial charge in [0, 0.05) is 11.0 Å². The van der Waals surface area contributed by atoms with Crippen LogP contribution in [0.2, 0.25) is 0 Å². The summed E-state index contributed by atoms with van der Waals surface area (Å²) >= 11 is 0. The van der Waals surface area contributed by atoms with Crippen LogP contribution in [-0.2, 0) is 5.41 Å². The molecule has 0 radical (unpaired) electrons. The van der Waals surface area contributed by atoms with Crippen molar-refractivity contribution in [1.29, 1.82) is 0 Å². The number of benzene rings is 1. The summed E-state index contributed by atoms with van der Waals surface area (Å²) in [6.45, 7) is 4.10. The molecule has 1 aromatic rings. The van der Waals surface area contributed by atoms with E-state index in [1.54, 1.807) is 26.4 Å². The first-order chi connectivity index (χ1) is 8.01. The maximum absolute atomic E-state index is 12.0. The molecule has 0 bridgehead atoms. The summed E-state index contributed by atoms with van der Waals surface area (Å²) in [5.74, 6) is 1.29. The Kier molecular flexibility index (Phi) is 2.69. The van der Waals surface area contributed by atoms with Crippen molar-refractivity contribution in [2.45, 2.75) is 19.3 Å². The van der Waals surface area contributed by atoms with E-state index in [-0.39, 0.29) is 11.2 Å². The number of methoxy groups -OCH3 is 2. The lowest BCUT2D eigenvalue weighted by atomic mass is 9.76. The number of carbonyl (C=O) groups is 1. The Labute approximate surface area is 101 Å². The third-order valence-electron chi connectivity index (χ3n) is 3.11. The molecule has 2 rings (SSSR count). The molecule has 0 spiro atoms. The molecule has 3 heteroatoms. The Morgan fingerprint density at radius 1 is 1.06 bits per heavy atom. The van der Waals surface area contributed by atoms with E-state index in [0.717, 1.165) is 11.3 Å². The van der Waals surface area contributed by atoms with Crippen molar-refractivity contribution in [1.82, 2.24) is 0 Å². The van der Waals surface area contributed by atoms with Crippen LogP contribution in [0.5, 0.6) is 11.5 Å². The minimum Gasteiger partial charge on any atom is -0.496 e. The van der Waals surface area contributed by atoms with Gasteiger partial charge in [0.05, 0.1) is 19.8 Å². The van der Waals surface area contributed by atoms with Gasteiger partial charge in [-0.05, 0) is 18.2 Å². The number of fused-ring (bicyclic) bond motifs is 1. The molecular weight excluding hydrogens is 216 g/mol. The fraction of sp³-hybridized carbons (Fsp3) is 0.357. The molecule has 3 nitrogen and oxygen atoms in total. The van der Waals surface area contributed by atoms with E-state index in [0.29, 0.717) is 11.3 Å². The summed E-state index contributed by atoms with van der Waals surface area (Å²) in [4.78, 5) is 12.0. The smallest absolute Gasteiger partial charge is 0.189 e. The third-order valence-corrected chi connectivity index (χ3v) is 3.11. The molecule has 0 aliphatic heterocycles. The molecule has 90 valence electrons. The Bertz CT molecular complexity index is 498. The summed E-state index contributed by atoms with van der Waals surface area (Å²) in [5, 5.41) is 0. The first kappa shape index (κ1) is 11.7. The first-order valence-corrected chi connectivity index (χ1v) is 5.50. The zero-order valence-electron chi connectivity index (χ0n) is 10.5. The van der Waals surface area contributed by atoms with Gasteiger partial charge in [0.15, 0.2) is 5.78 Å². The summed E-state index contributed by atoms with van der Waals surface area (Å²) in [5.41, 5.74) is 1.27. The molecule has 0 saturated carbocycles. The van der Waals surface area contributed by atoms with Gasteiger partial charge in [0.1, 0.15) is 11.5 Å². The molecule has 1 aliphatic carbocycles. The normalized spacial score (nSPS) is 16.6. The summed E-state index contributed by atoms with van der Waals surface area (Å²) in [6.07, 6.45) is 3.50. The molecule has 0 fully saturated rings. The Hall–Kier alpha value is -1.77. The first-order valence-electron chi connectivity index (χ1n) is 5.50. The van der Waals surface area contributed by atoms with Crippen LogP contribution in [-0.4, -0.2) is 20.0 Å². The number of carbonyl (C=O) groups excluding carboxylic acids is 1. The predicted octanol–water partition coefficient (Wildman–Crippen LogP) is 2.73. The van der Waals surface area contributed by atoms with Crippen LogP contribution in [0.25, 0.3) is 0 Å². The maximum Gasteiger partial charge on any atom is 0.189 e. The van der Waals surface area contributed by atoms with E-state index >= 15 is 0 Å². The van der Waals surface area contributed by atoms with Gasteiger partial charge in [-0.15, -0.1) is 0 Å². The van der Waals surface area contributed by atoms with Gasteiger partial charge < -0.3 is 9.47 Å². The molecule has 17 heavy (non-hydrogen) atoms. The summed E-state index contributed by atoms with van der Waals surface area (Å²) < 4.78 is 10.6. The molecule has 0 aromatic heterocycles. The second-order valence-corrected chi connectivity index (χ2v) is 4.64. The van der Waals surface area contributed by atoms with Gasteiger partial charge in [-0.1, -0.05) is 19.9 Å². The average molecular weight is 232 g/mol. The second-order valence-electron chi connectivity index (χ2n) is 4.64. The number of rotatable bonds is 2.